The molecule has 4 heteroatoms. The molecule has 0 unspecified atom stereocenters. The average Bonchev–Trinajstić information content (AvgIpc) is 2.87. The highest BCUT2D eigenvalue weighted by Gasteiger charge is 2.04. The minimum absolute atomic E-state index is 0.810. The van der Waals surface area contributed by atoms with Crippen LogP contribution in [-0.2, 0) is 0 Å². The zero-order chi connectivity index (χ0) is 12.4. The lowest BCUT2D eigenvalue weighted by Crippen LogP contribution is -1.79. The van der Waals surface area contributed by atoms with Gasteiger partial charge in [-0.1, -0.05) is 65.9 Å². The van der Waals surface area contributed by atoms with Gasteiger partial charge in [0, 0.05) is 5.56 Å². The first-order chi connectivity index (χ1) is 8.83. The molecule has 0 aliphatic heterocycles. The van der Waals surface area contributed by atoms with E-state index < -0.39 is 0 Å². The summed E-state index contributed by atoms with van der Waals surface area (Å²) in [6, 6.07) is 18.7. The van der Waals surface area contributed by atoms with E-state index >= 15 is 0 Å². The molecule has 3 aromatic rings. The molecule has 0 aliphatic rings. The molecule has 0 radical (unpaired) electrons. The number of nitrogens with zero attached hydrogens (tertiary/aromatic N) is 2. The number of benzene rings is 2. The molecular weight excluding hydrogens is 308 g/mol. The first-order valence-corrected chi connectivity index (χ1v) is 7.09. The van der Waals surface area contributed by atoms with Crippen LogP contribution in [0.15, 0.2) is 58.5 Å². The summed E-state index contributed by atoms with van der Waals surface area (Å²) in [4.78, 5) is 0. The lowest BCUT2D eigenvalue weighted by Gasteiger charge is -2.02. The number of aromatic nitrogens is 2. The lowest BCUT2D eigenvalue weighted by molar-refractivity contribution is 1.08. The molecule has 1 heterocycles. The maximum atomic E-state index is 4.11. The summed E-state index contributed by atoms with van der Waals surface area (Å²) in [5, 5.41) is 9.00. The molecule has 2 aromatic carbocycles. The van der Waals surface area contributed by atoms with Gasteiger partial charge in [-0.2, -0.15) is 0 Å². The summed E-state index contributed by atoms with van der Waals surface area (Å²) in [7, 11) is 0. The molecule has 3 rings (SSSR count). The van der Waals surface area contributed by atoms with E-state index in [1.165, 1.54) is 22.5 Å². The zero-order valence-electron chi connectivity index (χ0n) is 9.38. The maximum absolute atomic E-state index is 4.11. The largest absolute Gasteiger partial charge is 0.183 e. The molecule has 88 valence electrons. The van der Waals surface area contributed by atoms with Gasteiger partial charge in [0.25, 0.3) is 0 Å². The van der Waals surface area contributed by atoms with Crippen molar-refractivity contribution in [3.8, 4) is 21.7 Å². The molecule has 0 bridgehead atoms. The van der Waals surface area contributed by atoms with Crippen LogP contribution in [0.1, 0.15) is 0 Å². The van der Waals surface area contributed by atoms with Gasteiger partial charge in [0.15, 0.2) is 3.92 Å². The Bertz CT molecular complexity index is 647. The Labute approximate surface area is 117 Å². The Morgan fingerprint density at radius 3 is 1.94 bits per heavy atom. The molecule has 0 amide bonds. The highest BCUT2D eigenvalue weighted by atomic mass is 79.9. The molecule has 0 saturated heterocycles. The van der Waals surface area contributed by atoms with Crippen LogP contribution >= 0.6 is 27.3 Å². The second-order valence-electron chi connectivity index (χ2n) is 3.80. The predicted molar refractivity (Wildman–Crippen MR) is 78.5 cm³/mol. The highest BCUT2D eigenvalue weighted by Crippen LogP contribution is 2.28. The van der Waals surface area contributed by atoms with E-state index in [0.29, 0.717) is 0 Å². The van der Waals surface area contributed by atoms with Crippen molar-refractivity contribution in [2.45, 2.75) is 0 Å². The van der Waals surface area contributed by atoms with Gasteiger partial charge in [-0.15, -0.1) is 10.2 Å². The van der Waals surface area contributed by atoms with Crippen LogP contribution in [0.3, 0.4) is 0 Å². The van der Waals surface area contributed by atoms with Crippen molar-refractivity contribution in [1.29, 1.82) is 0 Å². The maximum Gasteiger partial charge on any atom is 0.183 e. The van der Waals surface area contributed by atoms with Gasteiger partial charge in [-0.25, -0.2) is 0 Å². The van der Waals surface area contributed by atoms with E-state index in [4.69, 9.17) is 0 Å². The van der Waals surface area contributed by atoms with Crippen molar-refractivity contribution in [3.63, 3.8) is 0 Å². The fraction of sp³-hybridized carbons (Fsp3) is 0. The van der Waals surface area contributed by atoms with E-state index in [1.807, 2.05) is 18.2 Å². The summed E-state index contributed by atoms with van der Waals surface area (Å²) >= 11 is 4.86. The van der Waals surface area contributed by atoms with E-state index in [0.717, 1.165) is 14.5 Å². The van der Waals surface area contributed by atoms with Crippen molar-refractivity contribution >= 4 is 27.3 Å². The molecule has 18 heavy (non-hydrogen) atoms. The Morgan fingerprint density at radius 1 is 0.722 bits per heavy atom. The van der Waals surface area contributed by atoms with Crippen molar-refractivity contribution in [2.75, 3.05) is 0 Å². The van der Waals surface area contributed by atoms with Crippen molar-refractivity contribution in [1.82, 2.24) is 10.2 Å². The average molecular weight is 317 g/mol. The Balaban J connectivity index is 1.94. The minimum atomic E-state index is 0.810. The normalized spacial score (nSPS) is 10.5. The van der Waals surface area contributed by atoms with Crippen LogP contribution in [0, 0.1) is 0 Å². The van der Waals surface area contributed by atoms with Gasteiger partial charge >= 0.3 is 0 Å². The molecule has 2 nitrogen and oxygen atoms in total. The Morgan fingerprint density at radius 2 is 1.33 bits per heavy atom. The topological polar surface area (TPSA) is 25.8 Å². The van der Waals surface area contributed by atoms with Crippen LogP contribution < -0.4 is 0 Å². The Kier molecular flexibility index (Phi) is 3.21. The smallest absolute Gasteiger partial charge is 0.137 e. The van der Waals surface area contributed by atoms with Crippen molar-refractivity contribution in [3.05, 3.63) is 58.5 Å². The monoisotopic (exact) mass is 316 g/mol. The molecule has 0 fully saturated rings. The summed E-state index contributed by atoms with van der Waals surface area (Å²) in [6.45, 7) is 0. The van der Waals surface area contributed by atoms with Crippen LogP contribution in [0.4, 0.5) is 0 Å². The predicted octanol–water partition coefficient (Wildman–Crippen LogP) is 4.63. The summed E-state index contributed by atoms with van der Waals surface area (Å²) < 4.78 is 0.810. The van der Waals surface area contributed by atoms with Crippen LogP contribution in [0.5, 0.6) is 0 Å². The number of hydrogen-bond donors (Lipinski definition) is 0. The third kappa shape index (κ3) is 2.35. The molecule has 0 N–H and O–H groups in total. The van der Waals surface area contributed by atoms with E-state index in [-0.39, 0.29) is 0 Å². The molecule has 1 aromatic heterocycles. The SMILES string of the molecule is Brc1nnc(-c2ccc(-c3ccccc3)cc2)s1. The fourth-order valence-electron chi connectivity index (χ4n) is 1.76. The molecule has 0 spiro atoms. The van der Waals surface area contributed by atoms with Gasteiger partial charge in [0.05, 0.1) is 0 Å². The summed E-state index contributed by atoms with van der Waals surface area (Å²) in [5.41, 5.74) is 3.53. The van der Waals surface area contributed by atoms with Crippen molar-refractivity contribution < 1.29 is 0 Å². The lowest BCUT2D eigenvalue weighted by atomic mass is 10.0. The standard InChI is InChI=1S/C14H9BrN2S/c15-14-17-16-13(18-14)12-8-6-11(7-9-12)10-4-2-1-3-5-10/h1-9H. The van der Waals surface area contributed by atoms with Crippen LogP contribution in [-0.4, -0.2) is 10.2 Å². The van der Waals surface area contributed by atoms with Crippen LogP contribution in [0.2, 0.25) is 0 Å². The van der Waals surface area contributed by atoms with Crippen molar-refractivity contribution in [2.24, 2.45) is 0 Å². The quantitative estimate of drug-likeness (QED) is 0.688. The first kappa shape index (κ1) is 11.6. The van der Waals surface area contributed by atoms with Gasteiger partial charge < -0.3 is 0 Å². The third-order valence-corrected chi connectivity index (χ3v) is 4.04. The first-order valence-electron chi connectivity index (χ1n) is 5.48. The van der Waals surface area contributed by atoms with Gasteiger partial charge in [-0.3, -0.25) is 0 Å². The van der Waals surface area contributed by atoms with E-state index in [9.17, 15) is 0 Å². The molecule has 0 aliphatic carbocycles. The molecule has 0 atom stereocenters. The second kappa shape index (κ2) is 5.00. The number of halogens is 1. The minimum Gasteiger partial charge on any atom is -0.137 e. The van der Waals surface area contributed by atoms with Gasteiger partial charge in [0.1, 0.15) is 5.01 Å². The van der Waals surface area contributed by atoms with E-state index in [2.05, 4.69) is 62.5 Å². The molecular formula is C14H9BrN2S. The fourth-order valence-corrected chi connectivity index (χ4v) is 2.87. The van der Waals surface area contributed by atoms with Gasteiger partial charge in [0.2, 0.25) is 0 Å². The van der Waals surface area contributed by atoms with E-state index in [1.54, 1.807) is 0 Å². The highest BCUT2D eigenvalue weighted by molar-refractivity contribution is 9.11. The summed E-state index contributed by atoms with van der Waals surface area (Å²) in [6.07, 6.45) is 0. The summed E-state index contributed by atoms with van der Waals surface area (Å²) in [5.74, 6) is 0. The second-order valence-corrected chi connectivity index (χ2v) is 6.06. The zero-order valence-corrected chi connectivity index (χ0v) is 11.8. The number of rotatable bonds is 2. The van der Waals surface area contributed by atoms with Gasteiger partial charge in [-0.05, 0) is 27.1 Å². The Hall–Kier alpha value is -1.52. The third-order valence-electron chi connectivity index (χ3n) is 2.64. The van der Waals surface area contributed by atoms with Crippen LogP contribution in [0.25, 0.3) is 21.7 Å². The molecule has 0 saturated carbocycles. The number of hydrogen-bond acceptors (Lipinski definition) is 3.